The molecular formula is C10H16ClNO3. The third-order valence-corrected chi connectivity index (χ3v) is 4.47. The molecule has 1 spiro atoms. The average molecular weight is 234 g/mol. The molecule has 0 aromatic rings. The molecule has 0 amide bonds. The summed E-state index contributed by atoms with van der Waals surface area (Å²) in [7, 11) is 0. The molecule has 4 aliphatic rings. The van der Waals surface area contributed by atoms with Gasteiger partial charge in [0, 0.05) is 6.54 Å². The average Bonchev–Trinajstić information content (AvgIpc) is 2.47. The van der Waals surface area contributed by atoms with E-state index in [-0.39, 0.29) is 23.6 Å². The van der Waals surface area contributed by atoms with Gasteiger partial charge in [0.2, 0.25) is 0 Å². The summed E-state index contributed by atoms with van der Waals surface area (Å²) in [6.45, 7) is 0.462. The van der Waals surface area contributed by atoms with Gasteiger partial charge in [0.25, 0.3) is 0 Å². The van der Waals surface area contributed by atoms with Crippen molar-refractivity contribution in [3.05, 3.63) is 0 Å². The Kier molecular flexibility index (Phi) is 2.14. The van der Waals surface area contributed by atoms with Gasteiger partial charge in [-0.05, 0) is 32.1 Å². The van der Waals surface area contributed by atoms with Crippen LogP contribution in [0.15, 0.2) is 0 Å². The molecule has 2 aliphatic heterocycles. The molecule has 0 unspecified atom stereocenters. The number of nitrogens with two attached hydrogens (primary N) is 1. The number of rotatable bonds is 2. The first-order chi connectivity index (χ1) is 6.58. The molecule has 0 atom stereocenters. The first kappa shape index (κ1) is 11.2. The van der Waals surface area contributed by atoms with Gasteiger partial charge in [-0.15, -0.1) is 12.4 Å². The smallest absolute Gasteiger partial charge is 0.312 e. The quantitative estimate of drug-likeness (QED) is 0.744. The van der Waals surface area contributed by atoms with Gasteiger partial charge in [0.1, 0.15) is 5.41 Å². The van der Waals surface area contributed by atoms with E-state index in [1.807, 2.05) is 0 Å². The molecule has 2 heterocycles. The van der Waals surface area contributed by atoms with E-state index < -0.39 is 11.4 Å². The van der Waals surface area contributed by atoms with Gasteiger partial charge in [-0.3, -0.25) is 4.79 Å². The van der Waals surface area contributed by atoms with Crippen molar-refractivity contribution in [1.82, 2.24) is 0 Å². The number of carboxylic acids is 1. The van der Waals surface area contributed by atoms with Crippen LogP contribution in [0.4, 0.5) is 0 Å². The summed E-state index contributed by atoms with van der Waals surface area (Å²) in [6, 6.07) is 0. The summed E-state index contributed by atoms with van der Waals surface area (Å²) in [5.74, 6) is -0.682. The zero-order valence-corrected chi connectivity index (χ0v) is 9.31. The largest absolute Gasteiger partial charge is 0.481 e. The van der Waals surface area contributed by atoms with Crippen LogP contribution >= 0.6 is 12.4 Å². The maximum Gasteiger partial charge on any atom is 0.312 e. The summed E-state index contributed by atoms with van der Waals surface area (Å²) < 4.78 is 5.95. The predicted octanol–water partition coefficient (Wildman–Crippen LogP) is 0.923. The van der Waals surface area contributed by atoms with Gasteiger partial charge in [-0.1, -0.05) is 0 Å². The second-order valence-corrected chi connectivity index (χ2v) is 5.08. The molecule has 5 heteroatoms. The van der Waals surface area contributed by atoms with Crippen LogP contribution in [0.3, 0.4) is 0 Å². The van der Waals surface area contributed by atoms with E-state index in [0.717, 1.165) is 19.3 Å². The zero-order chi connectivity index (χ0) is 10.0. The summed E-state index contributed by atoms with van der Waals surface area (Å²) in [5.41, 5.74) is 4.41. The summed E-state index contributed by atoms with van der Waals surface area (Å²) in [4.78, 5) is 11.3. The number of aliphatic carboxylic acids is 1. The van der Waals surface area contributed by atoms with Gasteiger partial charge in [-0.25, -0.2) is 0 Å². The Bertz CT molecular complexity index is 308. The van der Waals surface area contributed by atoms with E-state index >= 15 is 0 Å². The van der Waals surface area contributed by atoms with E-state index in [9.17, 15) is 9.90 Å². The Hall–Kier alpha value is -0.320. The van der Waals surface area contributed by atoms with E-state index in [4.69, 9.17) is 10.5 Å². The summed E-state index contributed by atoms with van der Waals surface area (Å²) in [6.07, 6.45) is 4.16. The first-order valence-corrected chi connectivity index (χ1v) is 5.22. The lowest BCUT2D eigenvalue weighted by molar-refractivity contribution is -0.163. The molecule has 2 saturated carbocycles. The monoisotopic (exact) mass is 233 g/mol. The van der Waals surface area contributed by atoms with Crippen LogP contribution < -0.4 is 5.73 Å². The molecule has 15 heavy (non-hydrogen) atoms. The number of halogens is 1. The lowest BCUT2D eigenvalue weighted by Crippen LogP contribution is -2.58. The number of ether oxygens (including phenoxy) is 1. The standard InChI is InChI=1S/C10H15NO3.ClH/c11-6-8-4-9(5-8,7(12)13)10(14-8)2-1-3-10;/h1-6,11H2,(H,12,13);1H. The van der Waals surface area contributed by atoms with Crippen molar-refractivity contribution < 1.29 is 14.6 Å². The second kappa shape index (κ2) is 2.87. The van der Waals surface area contributed by atoms with Crippen molar-refractivity contribution in [2.24, 2.45) is 11.1 Å². The highest BCUT2D eigenvalue weighted by atomic mass is 35.5. The molecule has 2 bridgehead atoms. The number of hydrogen-bond donors (Lipinski definition) is 2. The van der Waals surface area contributed by atoms with Gasteiger partial charge >= 0.3 is 5.97 Å². The van der Waals surface area contributed by atoms with Crippen molar-refractivity contribution in [2.75, 3.05) is 6.54 Å². The molecule has 4 fully saturated rings. The molecule has 2 saturated heterocycles. The lowest BCUT2D eigenvalue weighted by Gasteiger charge is -2.48. The predicted molar refractivity (Wildman–Crippen MR) is 56.0 cm³/mol. The molecular weight excluding hydrogens is 218 g/mol. The van der Waals surface area contributed by atoms with Crippen molar-refractivity contribution in [3.63, 3.8) is 0 Å². The molecule has 3 N–H and O–H groups in total. The Morgan fingerprint density at radius 2 is 2.00 bits per heavy atom. The van der Waals surface area contributed by atoms with E-state index in [0.29, 0.717) is 19.4 Å². The molecule has 4 nitrogen and oxygen atoms in total. The Morgan fingerprint density at radius 3 is 2.27 bits per heavy atom. The van der Waals surface area contributed by atoms with Gasteiger partial charge in [0.05, 0.1) is 11.2 Å². The fraction of sp³-hybridized carbons (Fsp3) is 0.900. The fourth-order valence-electron chi connectivity index (χ4n) is 3.57. The van der Waals surface area contributed by atoms with Crippen molar-refractivity contribution in [1.29, 1.82) is 0 Å². The Morgan fingerprint density at radius 1 is 1.40 bits per heavy atom. The molecule has 0 aromatic carbocycles. The maximum atomic E-state index is 11.3. The number of carbonyl (C=O) groups is 1. The van der Waals surface area contributed by atoms with Crippen LogP contribution in [0.25, 0.3) is 0 Å². The van der Waals surface area contributed by atoms with Crippen LogP contribution in [-0.4, -0.2) is 28.8 Å². The van der Waals surface area contributed by atoms with Crippen LogP contribution in [0.1, 0.15) is 32.1 Å². The van der Waals surface area contributed by atoms with Crippen LogP contribution in [0.2, 0.25) is 0 Å². The number of carboxylic acid groups (broad SMARTS) is 1. The minimum atomic E-state index is -0.682. The van der Waals surface area contributed by atoms with Gasteiger partial charge < -0.3 is 15.6 Å². The van der Waals surface area contributed by atoms with E-state index in [1.54, 1.807) is 0 Å². The number of hydrogen-bond acceptors (Lipinski definition) is 3. The minimum absolute atomic E-state index is 0. The van der Waals surface area contributed by atoms with Crippen molar-refractivity contribution in [3.8, 4) is 0 Å². The molecule has 2 aliphatic carbocycles. The molecule has 0 aromatic heterocycles. The van der Waals surface area contributed by atoms with Crippen LogP contribution in [-0.2, 0) is 9.53 Å². The Balaban J connectivity index is 0.000000853. The normalized spacial score (nSPS) is 44.1. The third kappa shape index (κ3) is 0.978. The topological polar surface area (TPSA) is 72.6 Å². The van der Waals surface area contributed by atoms with Crippen molar-refractivity contribution in [2.45, 2.75) is 43.3 Å². The first-order valence-electron chi connectivity index (χ1n) is 5.22. The third-order valence-electron chi connectivity index (χ3n) is 4.47. The van der Waals surface area contributed by atoms with Crippen molar-refractivity contribution >= 4 is 18.4 Å². The summed E-state index contributed by atoms with van der Waals surface area (Å²) in [5, 5.41) is 9.30. The molecule has 86 valence electrons. The maximum absolute atomic E-state index is 11.3. The zero-order valence-electron chi connectivity index (χ0n) is 8.49. The van der Waals surface area contributed by atoms with Gasteiger partial charge in [0.15, 0.2) is 0 Å². The fourth-order valence-corrected chi connectivity index (χ4v) is 3.57. The highest BCUT2D eigenvalue weighted by Crippen LogP contribution is 2.71. The summed E-state index contributed by atoms with van der Waals surface area (Å²) >= 11 is 0. The Labute approximate surface area is 94.6 Å². The minimum Gasteiger partial charge on any atom is -0.481 e. The molecule has 4 rings (SSSR count). The lowest BCUT2D eigenvalue weighted by atomic mass is 9.51. The second-order valence-electron chi connectivity index (χ2n) is 5.08. The highest BCUT2D eigenvalue weighted by molar-refractivity contribution is 5.85. The SMILES string of the molecule is Cl.NCC12CC(C(=O)O)(C1)C1(CCC1)O2. The van der Waals surface area contributed by atoms with E-state index in [2.05, 4.69) is 0 Å². The van der Waals surface area contributed by atoms with Crippen LogP contribution in [0, 0.1) is 5.41 Å². The van der Waals surface area contributed by atoms with E-state index in [1.165, 1.54) is 0 Å². The highest BCUT2D eigenvalue weighted by Gasteiger charge is 2.79. The van der Waals surface area contributed by atoms with Crippen LogP contribution in [0.5, 0.6) is 0 Å². The van der Waals surface area contributed by atoms with Gasteiger partial charge in [-0.2, -0.15) is 0 Å². The molecule has 0 radical (unpaired) electrons.